The highest BCUT2D eigenvalue weighted by Gasteiger charge is 2.31. The first-order valence-electron chi connectivity index (χ1n) is 7.26. The summed E-state index contributed by atoms with van der Waals surface area (Å²) < 4.78 is 0. The largest absolute Gasteiger partial charge is 0.388 e. The molecule has 1 unspecified atom stereocenters. The quantitative estimate of drug-likeness (QED) is 0.762. The van der Waals surface area contributed by atoms with Gasteiger partial charge in [0.05, 0.1) is 11.8 Å². The third-order valence-corrected chi connectivity index (χ3v) is 4.25. The van der Waals surface area contributed by atoms with E-state index in [1.807, 2.05) is 18.2 Å². The molecule has 8 heteroatoms. The van der Waals surface area contributed by atoms with Gasteiger partial charge in [-0.3, -0.25) is 0 Å². The van der Waals surface area contributed by atoms with E-state index >= 15 is 0 Å². The lowest BCUT2D eigenvalue weighted by atomic mass is 10.0. The Morgan fingerprint density at radius 2 is 2.00 bits per heavy atom. The van der Waals surface area contributed by atoms with Crippen molar-refractivity contribution in [1.29, 1.82) is 0 Å². The van der Waals surface area contributed by atoms with Crippen molar-refractivity contribution in [2.24, 2.45) is 5.92 Å². The zero-order valence-electron chi connectivity index (χ0n) is 12.0. The van der Waals surface area contributed by atoms with Crippen molar-refractivity contribution in [3.05, 3.63) is 41.2 Å². The van der Waals surface area contributed by atoms with Crippen LogP contribution in [0.1, 0.15) is 24.5 Å². The van der Waals surface area contributed by atoms with Crippen molar-refractivity contribution >= 4 is 11.6 Å². The summed E-state index contributed by atoms with van der Waals surface area (Å²) in [6, 6.07) is 7.34. The Balaban J connectivity index is 1.68. The van der Waals surface area contributed by atoms with Crippen molar-refractivity contribution in [3.63, 3.8) is 0 Å². The number of nitrogens with one attached hydrogen (secondary N) is 1. The summed E-state index contributed by atoms with van der Waals surface area (Å²) in [7, 11) is 0. The highest BCUT2D eigenvalue weighted by atomic mass is 35.5. The van der Waals surface area contributed by atoms with Crippen LogP contribution in [0.5, 0.6) is 0 Å². The molecule has 0 bridgehead atoms. The van der Waals surface area contributed by atoms with Crippen molar-refractivity contribution < 1.29 is 5.11 Å². The van der Waals surface area contributed by atoms with E-state index < -0.39 is 6.10 Å². The predicted octanol–water partition coefficient (Wildman–Crippen LogP) is 2.42. The standard InChI is InChI=1S/C15H13ClN6O/c16-11-5-9(3-4-10(11)14(23)8-1-2-8)12-6-13(18-7-17-12)15-19-21-22-20-15/h3-8,14,23H,1-2H2,(H,19,20,21,22). The Kier molecular flexibility index (Phi) is 3.51. The summed E-state index contributed by atoms with van der Waals surface area (Å²) in [4.78, 5) is 8.40. The van der Waals surface area contributed by atoms with Crippen LogP contribution in [0.15, 0.2) is 30.6 Å². The zero-order chi connectivity index (χ0) is 15.8. The van der Waals surface area contributed by atoms with Crippen molar-refractivity contribution in [2.75, 3.05) is 0 Å². The van der Waals surface area contributed by atoms with Crippen LogP contribution < -0.4 is 0 Å². The molecule has 7 nitrogen and oxygen atoms in total. The minimum absolute atomic E-state index is 0.335. The van der Waals surface area contributed by atoms with Gasteiger partial charge in [-0.05, 0) is 41.7 Å². The fraction of sp³-hybridized carbons (Fsp3) is 0.267. The Bertz CT molecular complexity index is 834. The number of H-pyrrole nitrogens is 1. The Morgan fingerprint density at radius 1 is 1.17 bits per heavy atom. The van der Waals surface area contributed by atoms with E-state index in [2.05, 4.69) is 30.6 Å². The van der Waals surface area contributed by atoms with Gasteiger partial charge in [0.1, 0.15) is 12.0 Å². The van der Waals surface area contributed by atoms with E-state index in [1.165, 1.54) is 6.33 Å². The van der Waals surface area contributed by atoms with E-state index in [4.69, 9.17) is 11.6 Å². The smallest absolute Gasteiger partial charge is 0.223 e. The molecule has 1 aliphatic carbocycles. The molecular formula is C15H13ClN6O. The van der Waals surface area contributed by atoms with E-state index in [-0.39, 0.29) is 0 Å². The number of tetrazole rings is 1. The average molecular weight is 329 g/mol. The summed E-state index contributed by atoms with van der Waals surface area (Å²) in [6.07, 6.45) is 3.07. The average Bonchev–Trinajstić information content (AvgIpc) is 3.28. The van der Waals surface area contributed by atoms with Gasteiger partial charge in [-0.2, -0.15) is 5.21 Å². The molecule has 2 aromatic heterocycles. The minimum atomic E-state index is -0.489. The first kappa shape index (κ1) is 14.2. The van der Waals surface area contributed by atoms with Crippen LogP contribution in [0.2, 0.25) is 5.02 Å². The van der Waals surface area contributed by atoms with Crippen LogP contribution in [0.4, 0.5) is 0 Å². The van der Waals surface area contributed by atoms with Crippen LogP contribution in [0, 0.1) is 5.92 Å². The molecule has 2 heterocycles. The van der Waals surface area contributed by atoms with Gasteiger partial charge in [0.15, 0.2) is 0 Å². The molecule has 0 radical (unpaired) electrons. The van der Waals surface area contributed by atoms with Crippen molar-refractivity contribution in [2.45, 2.75) is 18.9 Å². The van der Waals surface area contributed by atoms with E-state index in [9.17, 15) is 5.11 Å². The lowest BCUT2D eigenvalue weighted by molar-refractivity contribution is 0.154. The monoisotopic (exact) mass is 328 g/mol. The number of aliphatic hydroxyl groups excluding tert-OH is 1. The predicted molar refractivity (Wildman–Crippen MR) is 83.3 cm³/mol. The van der Waals surface area contributed by atoms with Gasteiger partial charge in [0.2, 0.25) is 5.82 Å². The fourth-order valence-electron chi connectivity index (χ4n) is 2.50. The number of benzene rings is 1. The SMILES string of the molecule is OC(c1ccc(-c2cc(-c3nn[nH]n3)ncn2)cc1Cl)C1CC1. The van der Waals surface area contributed by atoms with E-state index in [1.54, 1.807) is 6.07 Å². The molecule has 3 aromatic rings. The van der Waals surface area contributed by atoms with Gasteiger partial charge in [-0.25, -0.2) is 9.97 Å². The van der Waals surface area contributed by atoms with Crippen LogP contribution in [0.25, 0.3) is 22.8 Å². The molecule has 1 aromatic carbocycles. The molecule has 2 N–H and O–H groups in total. The third-order valence-electron chi connectivity index (χ3n) is 3.92. The van der Waals surface area contributed by atoms with Gasteiger partial charge >= 0.3 is 0 Å². The molecular weight excluding hydrogens is 316 g/mol. The molecule has 1 fully saturated rings. The number of aliphatic hydroxyl groups is 1. The molecule has 1 aliphatic rings. The van der Waals surface area contributed by atoms with E-state index in [0.717, 1.165) is 24.0 Å². The highest BCUT2D eigenvalue weighted by molar-refractivity contribution is 6.31. The van der Waals surface area contributed by atoms with Gasteiger partial charge in [-0.15, -0.1) is 10.2 Å². The van der Waals surface area contributed by atoms with Gasteiger partial charge < -0.3 is 5.11 Å². The van der Waals surface area contributed by atoms with Crippen LogP contribution in [-0.4, -0.2) is 35.7 Å². The molecule has 1 saturated carbocycles. The van der Waals surface area contributed by atoms with Crippen molar-refractivity contribution in [1.82, 2.24) is 30.6 Å². The number of hydrogen-bond donors (Lipinski definition) is 2. The topological polar surface area (TPSA) is 100 Å². The minimum Gasteiger partial charge on any atom is -0.388 e. The molecule has 0 aliphatic heterocycles. The second-order valence-corrected chi connectivity index (χ2v) is 5.95. The normalized spacial score (nSPS) is 15.6. The van der Waals surface area contributed by atoms with Crippen LogP contribution in [0.3, 0.4) is 0 Å². The maximum atomic E-state index is 10.2. The maximum absolute atomic E-state index is 10.2. The van der Waals surface area contributed by atoms with Gasteiger partial charge in [0.25, 0.3) is 0 Å². The van der Waals surface area contributed by atoms with E-state index in [0.29, 0.717) is 28.2 Å². The summed E-state index contributed by atoms with van der Waals surface area (Å²) >= 11 is 6.34. The number of halogens is 1. The molecule has 1 atom stereocenters. The Labute approximate surface area is 136 Å². The second-order valence-electron chi connectivity index (χ2n) is 5.54. The summed E-state index contributed by atoms with van der Waals surface area (Å²) in [5.74, 6) is 0.739. The molecule has 23 heavy (non-hydrogen) atoms. The number of rotatable bonds is 4. The summed E-state index contributed by atoms with van der Waals surface area (Å²) in [6.45, 7) is 0. The Morgan fingerprint density at radius 3 is 2.70 bits per heavy atom. The lowest BCUT2D eigenvalue weighted by Gasteiger charge is -2.12. The summed E-state index contributed by atoms with van der Waals surface area (Å²) in [5, 5.41) is 24.5. The first-order valence-corrected chi connectivity index (χ1v) is 7.64. The number of aromatic amines is 1. The van der Waals surface area contributed by atoms with Crippen LogP contribution in [-0.2, 0) is 0 Å². The lowest BCUT2D eigenvalue weighted by Crippen LogP contribution is -2.00. The molecule has 116 valence electrons. The Hall–Kier alpha value is -2.38. The molecule has 0 spiro atoms. The number of aromatic nitrogens is 6. The highest BCUT2D eigenvalue weighted by Crippen LogP contribution is 2.43. The molecule has 0 amide bonds. The van der Waals surface area contributed by atoms with Gasteiger partial charge in [-0.1, -0.05) is 23.7 Å². The number of hydrogen-bond acceptors (Lipinski definition) is 6. The molecule has 4 rings (SSSR count). The maximum Gasteiger partial charge on any atom is 0.223 e. The molecule has 0 saturated heterocycles. The fourth-order valence-corrected chi connectivity index (χ4v) is 2.79. The summed E-state index contributed by atoms with van der Waals surface area (Å²) in [5.41, 5.74) is 2.88. The van der Waals surface area contributed by atoms with Crippen molar-refractivity contribution in [3.8, 4) is 22.8 Å². The number of nitrogens with zero attached hydrogens (tertiary/aromatic N) is 5. The third kappa shape index (κ3) is 2.80. The zero-order valence-corrected chi connectivity index (χ0v) is 12.8. The van der Waals surface area contributed by atoms with Gasteiger partial charge in [0, 0.05) is 10.6 Å². The second kappa shape index (κ2) is 5.68. The first-order chi connectivity index (χ1) is 11.2. The van der Waals surface area contributed by atoms with Crippen LogP contribution >= 0.6 is 11.6 Å².